The number of rotatable bonds is 5. The number of carbonyl (C=O) groups is 2. The third-order valence-electron chi connectivity index (χ3n) is 3.96. The molecule has 0 radical (unpaired) electrons. The third kappa shape index (κ3) is 2.86. The molecule has 1 fully saturated rings. The highest BCUT2D eigenvalue weighted by molar-refractivity contribution is 5.80. The molecular weight excluding hydrogens is 280 g/mol. The van der Waals surface area contributed by atoms with E-state index in [1.54, 1.807) is 6.92 Å². The van der Waals surface area contributed by atoms with Gasteiger partial charge in [0.2, 0.25) is 5.91 Å². The molecule has 0 bridgehead atoms. The fourth-order valence-electron chi connectivity index (χ4n) is 2.47. The number of amides is 1. The number of carboxylic acids is 1. The molecule has 1 amide bonds. The summed E-state index contributed by atoms with van der Waals surface area (Å²) in [5, 5.41) is 23.6. The Labute approximate surface area is 120 Å². The summed E-state index contributed by atoms with van der Waals surface area (Å²) >= 11 is 0. The SMILES string of the molecule is CCC1(C(=O)O)CCN(C(=O)Cn2cc([N+](=O)[O-])cn2)C1. The highest BCUT2D eigenvalue weighted by Crippen LogP contribution is 2.34. The van der Waals surface area contributed by atoms with Crippen LogP contribution in [0.5, 0.6) is 0 Å². The minimum absolute atomic E-state index is 0.132. The first-order valence-corrected chi connectivity index (χ1v) is 6.56. The molecule has 1 unspecified atom stereocenters. The van der Waals surface area contributed by atoms with E-state index >= 15 is 0 Å². The van der Waals surface area contributed by atoms with Gasteiger partial charge in [-0.05, 0) is 12.8 Å². The lowest BCUT2D eigenvalue weighted by Gasteiger charge is -2.23. The predicted molar refractivity (Wildman–Crippen MR) is 70.4 cm³/mol. The maximum Gasteiger partial charge on any atom is 0.311 e. The molecule has 0 aliphatic carbocycles. The molecule has 21 heavy (non-hydrogen) atoms. The highest BCUT2D eigenvalue weighted by atomic mass is 16.6. The van der Waals surface area contributed by atoms with Gasteiger partial charge in [0, 0.05) is 13.1 Å². The number of nitrogens with zero attached hydrogens (tertiary/aromatic N) is 4. The molecular formula is C12H16N4O5. The third-order valence-corrected chi connectivity index (χ3v) is 3.96. The van der Waals surface area contributed by atoms with E-state index < -0.39 is 16.3 Å². The van der Waals surface area contributed by atoms with Gasteiger partial charge in [-0.25, -0.2) is 0 Å². The van der Waals surface area contributed by atoms with Crippen LogP contribution in [-0.4, -0.2) is 49.7 Å². The van der Waals surface area contributed by atoms with Crippen molar-refractivity contribution >= 4 is 17.6 Å². The van der Waals surface area contributed by atoms with Crippen LogP contribution >= 0.6 is 0 Å². The fraction of sp³-hybridized carbons (Fsp3) is 0.583. The zero-order chi connectivity index (χ0) is 15.6. The first-order chi connectivity index (χ1) is 9.88. The maximum absolute atomic E-state index is 12.1. The molecule has 1 aromatic rings. The molecule has 0 aromatic carbocycles. The van der Waals surface area contributed by atoms with Crippen LogP contribution in [0.15, 0.2) is 12.4 Å². The standard InChI is InChI=1S/C12H16N4O5/c1-2-12(11(18)19)3-4-14(8-12)10(17)7-15-6-9(5-13-15)16(20)21/h5-6H,2-4,7-8H2,1H3,(H,18,19). The molecule has 2 rings (SSSR count). The van der Waals surface area contributed by atoms with Gasteiger partial charge in [0.1, 0.15) is 18.9 Å². The zero-order valence-corrected chi connectivity index (χ0v) is 11.6. The smallest absolute Gasteiger partial charge is 0.311 e. The first-order valence-electron chi connectivity index (χ1n) is 6.56. The van der Waals surface area contributed by atoms with Crippen LogP contribution in [-0.2, 0) is 16.1 Å². The summed E-state index contributed by atoms with van der Waals surface area (Å²) in [4.78, 5) is 34.9. The normalized spacial score (nSPS) is 21.5. The summed E-state index contributed by atoms with van der Waals surface area (Å²) in [5.74, 6) is -1.18. The summed E-state index contributed by atoms with van der Waals surface area (Å²) in [6.07, 6.45) is 3.13. The zero-order valence-electron chi connectivity index (χ0n) is 11.6. The van der Waals surface area contributed by atoms with Gasteiger partial charge in [0.05, 0.1) is 10.3 Å². The quantitative estimate of drug-likeness (QED) is 0.624. The van der Waals surface area contributed by atoms with Crippen LogP contribution < -0.4 is 0 Å². The summed E-state index contributed by atoms with van der Waals surface area (Å²) in [5.41, 5.74) is -1.07. The van der Waals surface area contributed by atoms with Crippen LogP contribution in [0.25, 0.3) is 0 Å². The van der Waals surface area contributed by atoms with E-state index in [1.807, 2.05) is 0 Å². The Kier molecular flexibility index (Phi) is 3.92. The Balaban J connectivity index is 2.01. The van der Waals surface area contributed by atoms with Crippen molar-refractivity contribution in [1.29, 1.82) is 0 Å². The van der Waals surface area contributed by atoms with Gasteiger partial charge in [-0.15, -0.1) is 0 Å². The summed E-state index contributed by atoms with van der Waals surface area (Å²) < 4.78 is 1.19. The van der Waals surface area contributed by atoms with E-state index in [-0.39, 0.29) is 24.7 Å². The van der Waals surface area contributed by atoms with Gasteiger partial charge in [0.15, 0.2) is 0 Å². The van der Waals surface area contributed by atoms with Crippen molar-refractivity contribution in [2.45, 2.75) is 26.3 Å². The molecule has 0 spiro atoms. The van der Waals surface area contributed by atoms with Crippen LogP contribution in [0, 0.1) is 15.5 Å². The van der Waals surface area contributed by atoms with Crippen molar-refractivity contribution < 1.29 is 19.6 Å². The maximum atomic E-state index is 12.1. The highest BCUT2D eigenvalue weighted by Gasteiger charge is 2.44. The van der Waals surface area contributed by atoms with Gasteiger partial charge >= 0.3 is 11.7 Å². The number of hydrogen-bond donors (Lipinski definition) is 1. The van der Waals surface area contributed by atoms with Crippen LogP contribution in [0.1, 0.15) is 19.8 Å². The van der Waals surface area contributed by atoms with E-state index in [2.05, 4.69) is 5.10 Å². The van der Waals surface area contributed by atoms with E-state index in [0.29, 0.717) is 19.4 Å². The van der Waals surface area contributed by atoms with Crippen molar-refractivity contribution in [2.75, 3.05) is 13.1 Å². The average molecular weight is 296 g/mol. The molecule has 9 nitrogen and oxygen atoms in total. The lowest BCUT2D eigenvalue weighted by atomic mass is 9.84. The number of aliphatic carboxylic acids is 1. The Morgan fingerprint density at radius 2 is 2.29 bits per heavy atom. The molecule has 1 atom stereocenters. The minimum Gasteiger partial charge on any atom is -0.481 e. The van der Waals surface area contributed by atoms with Crippen molar-refractivity contribution in [1.82, 2.24) is 14.7 Å². The number of carbonyl (C=O) groups excluding carboxylic acids is 1. The van der Waals surface area contributed by atoms with Gasteiger partial charge in [0.25, 0.3) is 0 Å². The van der Waals surface area contributed by atoms with E-state index in [4.69, 9.17) is 0 Å². The molecule has 1 aromatic heterocycles. The van der Waals surface area contributed by atoms with Crippen LogP contribution in [0.2, 0.25) is 0 Å². The summed E-state index contributed by atoms with van der Waals surface area (Å²) in [6, 6.07) is 0. The van der Waals surface area contributed by atoms with Gasteiger partial charge < -0.3 is 10.0 Å². The number of aromatic nitrogens is 2. The average Bonchev–Trinajstić information content (AvgIpc) is 3.05. The lowest BCUT2D eigenvalue weighted by Crippen LogP contribution is -2.37. The van der Waals surface area contributed by atoms with Crippen molar-refractivity contribution in [3.8, 4) is 0 Å². The minimum atomic E-state index is -0.893. The van der Waals surface area contributed by atoms with Gasteiger partial charge in [-0.3, -0.25) is 24.4 Å². The fourth-order valence-corrected chi connectivity index (χ4v) is 2.47. The number of nitro groups is 1. The topological polar surface area (TPSA) is 119 Å². The van der Waals surface area contributed by atoms with E-state index in [9.17, 15) is 24.8 Å². The van der Waals surface area contributed by atoms with Crippen molar-refractivity contribution in [3.63, 3.8) is 0 Å². The summed E-state index contributed by atoms with van der Waals surface area (Å²) in [6.45, 7) is 2.20. The van der Waals surface area contributed by atoms with Gasteiger partial charge in [-0.2, -0.15) is 5.10 Å². The molecule has 1 saturated heterocycles. The Morgan fingerprint density at radius 3 is 2.76 bits per heavy atom. The molecule has 2 heterocycles. The molecule has 1 N–H and O–H groups in total. The largest absolute Gasteiger partial charge is 0.481 e. The molecule has 1 aliphatic rings. The summed E-state index contributed by atoms with van der Waals surface area (Å²) in [7, 11) is 0. The second-order valence-electron chi connectivity index (χ2n) is 5.16. The number of carboxylic acid groups (broad SMARTS) is 1. The van der Waals surface area contributed by atoms with Crippen molar-refractivity contribution in [2.24, 2.45) is 5.41 Å². The molecule has 114 valence electrons. The van der Waals surface area contributed by atoms with Crippen LogP contribution in [0.3, 0.4) is 0 Å². The monoisotopic (exact) mass is 296 g/mol. The Morgan fingerprint density at radius 1 is 1.57 bits per heavy atom. The second-order valence-corrected chi connectivity index (χ2v) is 5.16. The van der Waals surface area contributed by atoms with E-state index in [0.717, 1.165) is 6.20 Å². The Bertz CT molecular complexity index is 584. The molecule has 9 heteroatoms. The van der Waals surface area contributed by atoms with Crippen LogP contribution in [0.4, 0.5) is 5.69 Å². The van der Waals surface area contributed by atoms with E-state index in [1.165, 1.54) is 15.8 Å². The second kappa shape index (κ2) is 5.51. The number of hydrogen-bond acceptors (Lipinski definition) is 5. The number of likely N-dealkylation sites (tertiary alicyclic amines) is 1. The Hall–Kier alpha value is -2.45. The lowest BCUT2D eigenvalue weighted by molar-refractivity contribution is -0.385. The molecule has 0 saturated carbocycles. The predicted octanol–water partition coefficient (Wildman–Crippen LogP) is 0.505. The van der Waals surface area contributed by atoms with Gasteiger partial charge in [-0.1, -0.05) is 6.92 Å². The molecule has 1 aliphatic heterocycles. The van der Waals surface area contributed by atoms with Crippen molar-refractivity contribution in [3.05, 3.63) is 22.5 Å². The first kappa shape index (κ1) is 14.9.